The van der Waals surface area contributed by atoms with Crippen molar-refractivity contribution in [1.82, 2.24) is 19.5 Å². The molecule has 3 aromatic rings. The number of nitrogens with one attached hydrogen (secondary N) is 1. The number of hydrogen-bond donors (Lipinski definition) is 1. The minimum atomic E-state index is -4.71. The maximum atomic E-state index is 13.5. The first-order chi connectivity index (χ1) is 22.7. The van der Waals surface area contributed by atoms with Gasteiger partial charge in [-0.05, 0) is 70.9 Å². The third-order valence-corrected chi connectivity index (χ3v) is 7.60. The van der Waals surface area contributed by atoms with Gasteiger partial charge in [-0.3, -0.25) is 4.84 Å². The number of sulfonamides is 1. The highest BCUT2D eigenvalue weighted by Gasteiger charge is 2.35. The summed E-state index contributed by atoms with van der Waals surface area (Å²) in [5.41, 5.74) is -0.242. The molecule has 0 spiro atoms. The molecule has 2 aromatic carbocycles. The second-order valence-corrected chi connectivity index (χ2v) is 13.3. The van der Waals surface area contributed by atoms with E-state index in [9.17, 15) is 36.4 Å². The van der Waals surface area contributed by atoms with E-state index in [-0.39, 0.29) is 40.8 Å². The Morgan fingerprint density at radius 1 is 1.08 bits per heavy atom. The van der Waals surface area contributed by atoms with Crippen LogP contribution in [0.1, 0.15) is 51.8 Å². The highest BCUT2D eigenvalue weighted by molar-refractivity contribution is 7.90. The smallest absolute Gasteiger partial charge is 0.511 e. The largest absolute Gasteiger partial charge is 0.569 e. The lowest BCUT2D eigenvalue weighted by atomic mass is 10.1. The molecule has 0 radical (unpaired) electrons. The number of amides is 1. The first kappa shape index (κ1) is 38.4. The van der Waals surface area contributed by atoms with Crippen molar-refractivity contribution in [2.24, 2.45) is 5.28 Å². The fraction of sp³-hybridized carbons (Fsp3) is 0.433. The SMILES string of the molecule is Cc1ccc(-c2cc(C(F)(F)F)nn2-c2ccc(S(=O)(=O)NC(=O)OCCCCN(C)[N+]([O-])=NOC(C)OC(=O)OC(C)(C)C)cc2)cc1. The Labute approximate surface area is 280 Å². The van der Waals surface area contributed by atoms with Gasteiger partial charge in [-0.25, -0.2) is 27.4 Å². The van der Waals surface area contributed by atoms with Crippen molar-refractivity contribution >= 4 is 22.3 Å². The summed E-state index contributed by atoms with van der Waals surface area (Å²) >= 11 is 0. The summed E-state index contributed by atoms with van der Waals surface area (Å²) in [6.45, 7) is 8.05. The number of halogens is 3. The van der Waals surface area contributed by atoms with Crippen LogP contribution in [0.15, 0.2) is 64.8 Å². The van der Waals surface area contributed by atoms with E-state index in [1.807, 2.05) is 6.92 Å². The molecule has 1 atom stereocenters. The molecule has 1 aromatic heterocycles. The van der Waals surface area contributed by atoms with Crippen LogP contribution in [0, 0.1) is 12.1 Å². The summed E-state index contributed by atoms with van der Waals surface area (Å²) in [6, 6.07) is 12.4. The van der Waals surface area contributed by atoms with Crippen LogP contribution in [0.5, 0.6) is 0 Å². The number of ether oxygens (including phenoxy) is 3. The minimum Gasteiger partial charge on any atom is -0.569 e. The van der Waals surface area contributed by atoms with Crippen LogP contribution in [-0.2, 0) is 35.2 Å². The fourth-order valence-electron chi connectivity index (χ4n) is 3.90. The predicted octanol–water partition coefficient (Wildman–Crippen LogP) is 6.10. The topological polar surface area (TPSA) is 177 Å². The molecular weight excluding hydrogens is 677 g/mol. The fourth-order valence-corrected chi connectivity index (χ4v) is 4.79. The van der Waals surface area contributed by atoms with E-state index < -0.39 is 46.0 Å². The number of carbonyl (C=O) groups excluding carboxylic acids is 2. The molecule has 0 saturated heterocycles. The van der Waals surface area contributed by atoms with Gasteiger partial charge in [-0.1, -0.05) is 29.8 Å². The summed E-state index contributed by atoms with van der Waals surface area (Å²) in [7, 11) is -3.00. The van der Waals surface area contributed by atoms with Crippen molar-refractivity contribution in [3.05, 3.63) is 71.1 Å². The van der Waals surface area contributed by atoms with E-state index in [4.69, 9.17) is 19.0 Å². The number of rotatable bonds is 13. The van der Waals surface area contributed by atoms with E-state index in [1.54, 1.807) is 49.8 Å². The Kier molecular flexibility index (Phi) is 12.4. The zero-order valence-electron chi connectivity index (χ0n) is 27.6. The van der Waals surface area contributed by atoms with Crippen LogP contribution in [0.25, 0.3) is 16.9 Å². The van der Waals surface area contributed by atoms with Crippen LogP contribution in [-0.4, -0.2) is 72.5 Å². The third kappa shape index (κ3) is 11.8. The summed E-state index contributed by atoms with van der Waals surface area (Å²) in [5, 5.41) is 20.1. The van der Waals surface area contributed by atoms with Gasteiger partial charge in [0.25, 0.3) is 16.3 Å². The van der Waals surface area contributed by atoms with Crippen LogP contribution in [0.2, 0.25) is 0 Å². The predicted molar refractivity (Wildman–Crippen MR) is 166 cm³/mol. The lowest BCUT2D eigenvalue weighted by molar-refractivity contribution is -0.707. The van der Waals surface area contributed by atoms with E-state index in [2.05, 4.69) is 10.4 Å². The van der Waals surface area contributed by atoms with Crippen molar-refractivity contribution in [3.63, 3.8) is 0 Å². The summed E-state index contributed by atoms with van der Waals surface area (Å²) in [6.07, 6.45) is -7.61. The molecule has 268 valence electrons. The molecule has 1 unspecified atom stereocenters. The number of hydrogen-bond acceptors (Lipinski definition) is 11. The van der Waals surface area contributed by atoms with Crippen molar-refractivity contribution in [3.8, 4) is 16.9 Å². The Balaban J connectivity index is 1.50. The Morgan fingerprint density at radius 2 is 1.71 bits per heavy atom. The number of hydrazine groups is 1. The molecule has 15 nitrogen and oxygen atoms in total. The number of unbranched alkanes of at least 4 members (excludes halogenated alkanes) is 1. The Hall–Kier alpha value is -5.07. The van der Waals surface area contributed by atoms with Crippen molar-refractivity contribution in [2.75, 3.05) is 20.2 Å². The molecule has 0 saturated carbocycles. The molecule has 0 aliphatic carbocycles. The van der Waals surface area contributed by atoms with Crippen LogP contribution in [0.4, 0.5) is 22.8 Å². The summed E-state index contributed by atoms with van der Waals surface area (Å²) < 4.78 is 83.5. The van der Waals surface area contributed by atoms with Crippen molar-refractivity contribution in [2.45, 2.75) is 70.4 Å². The van der Waals surface area contributed by atoms with Crippen molar-refractivity contribution in [1.29, 1.82) is 0 Å². The summed E-state index contributed by atoms with van der Waals surface area (Å²) in [4.78, 5) is 28.4. The molecule has 49 heavy (non-hydrogen) atoms. The molecular formula is C30H37F3N6O9S. The zero-order chi connectivity index (χ0) is 36.6. The molecule has 1 heterocycles. The van der Waals surface area contributed by atoms with Crippen LogP contribution < -0.4 is 4.72 Å². The Morgan fingerprint density at radius 3 is 2.31 bits per heavy atom. The van der Waals surface area contributed by atoms with E-state index in [0.717, 1.165) is 33.5 Å². The third-order valence-electron chi connectivity index (χ3n) is 6.27. The molecule has 0 aliphatic rings. The lowest BCUT2D eigenvalue weighted by Crippen LogP contribution is -2.31. The average Bonchev–Trinajstić information content (AvgIpc) is 3.45. The van der Waals surface area contributed by atoms with E-state index in [0.29, 0.717) is 12.0 Å². The standard InChI is InChI=1S/C30H37F3N6O9S/c1-20-9-11-22(12-10-20)25-19-26(30(31,32)33)34-38(25)23-13-15-24(16-14-23)49(43,44)35-27(40)45-18-8-7-17-37(6)39(42)36-48-21(2)46-28(41)47-29(3,4)5/h9-16,19,21H,7-8,17-18H2,1-6H3,(H,35,40). The number of nitrogens with zero attached hydrogens (tertiary/aromatic N) is 5. The highest BCUT2D eigenvalue weighted by atomic mass is 32.2. The normalized spacial score (nSPS) is 13.0. The molecule has 0 fully saturated rings. The number of alkyl halides is 3. The van der Waals surface area contributed by atoms with Gasteiger partial charge in [-0.2, -0.15) is 18.3 Å². The number of aryl methyl sites for hydroxylation is 1. The molecule has 0 bridgehead atoms. The van der Waals surface area contributed by atoms with E-state index >= 15 is 0 Å². The first-order valence-corrected chi connectivity index (χ1v) is 16.2. The van der Waals surface area contributed by atoms with Gasteiger partial charge in [0.05, 0.1) is 41.4 Å². The van der Waals surface area contributed by atoms with Gasteiger partial charge in [0.2, 0.25) is 5.28 Å². The van der Waals surface area contributed by atoms with Gasteiger partial charge < -0.3 is 19.4 Å². The summed E-state index contributed by atoms with van der Waals surface area (Å²) in [5.74, 6) is 0. The number of benzene rings is 2. The number of carbonyl (C=O) groups is 2. The quantitative estimate of drug-likeness (QED) is 0.0541. The minimum absolute atomic E-state index is 0.116. The van der Waals surface area contributed by atoms with Crippen LogP contribution in [0.3, 0.4) is 0 Å². The molecule has 19 heteroatoms. The van der Waals surface area contributed by atoms with Gasteiger partial charge in [0.15, 0.2) is 5.69 Å². The van der Waals surface area contributed by atoms with Gasteiger partial charge in [-0.15, -0.1) is 5.01 Å². The molecule has 1 amide bonds. The van der Waals surface area contributed by atoms with Gasteiger partial charge in [0, 0.05) is 12.5 Å². The second kappa shape index (κ2) is 15.9. The molecule has 3 rings (SSSR count). The van der Waals surface area contributed by atoms with Gasteiger partial charge in [0.1, 0.15) is 5.60 Å². The van der Waals surface area contributed by atoms with Gasteiger partial charge >= 0.3 is 18.4 Å². The molecule has 0 aliphatic heterocycles. The lowest BCUT2D eigenvalue weighted by Gasteiger charge is -2.20. The monoisotopic (exact) mass is 714 g/mol. The maximum Gasteiger partial charge on any atom is 0.511 e. The van der Waals surface area contributed by atoms with E-state index in [1.165, 1.54) is 26.1 Å². The zero-order valence-corrected chi connectivity index (χ0v) is 28.4. The van der Waals surface area contributed by atoms with Crippen LogP contribution >= 0.6 is 0 Å². The Bertz CT molecular complexity index is 1720. The maximum absolute atomic E-state index is 13.5. The second-order valence-electron chi connectivity index (χ2n) is 11.6. The average molecular weight is 715 g/mol. The van der Waals surface area contributed by atoms with Crippen molar-refractivity contribution < 1.29 is 55.2 Å². The first-order valence-electron chi connectivity index (χ1n) is 14.7. The highest BCUT2D eigenvalue weighted by Crippen LogP contribution is 2.33. The molecule has 1 N–H and O–H groups in total. The number of aromatic nitrogens is 2.